The first-order valence-corrected chi connectivity index (χ1v) is 4.37. The van der Waals surface area contributed by atoms with Crippen LogP contribution >= 0.6 is 0 Å². The minimum atomic E-state index is -0.522. The molecule has 2 rings (SSSR count). The summed E-state index contributed by atoms with van der Waals surface area (Å²) in [6.07, 6.45) is 3.16. The highest BCUT2D eigenvalue weighted by Crippen LogP contribution is 2.17. The maximum atomic E-state index is 10.9. The highest BCUT2D eigenvalue weighted by atomic mass is 16.1. The van der Waals surface area contributed by atoms with Crippen LogP contribution in [0.5, 0.6) is 0 Å². The smallest absolute Gasteiger partial charge is 0.248 e. The molecule has 0 aliphatic heterocycles. The van der Waals surface area contributed by atoms with E-state index in [1.54, 1.807) is 24.4 Å². The van der Waals surface area contributed by atoms with E-state index in [9.17, 15) is 4.79 Å². The van der Waals surface area contributed by atoms with Gasteiger partial charge < -0.3 is 5.73 Å². The summed E-state index contributed by atoms with van der Waals surface area (Å²) >= 11 is 0. The number of fused-ring (bicyclic) bond motifs is 1. The zero-order valence-electron chi connectivity index (χ0n) is 7.97. The van der Waals surface area contributed by atoms with Crippen LogP contribution < -0.4 is 5.73 Å². The first kappa shape index (κ1) is 9.33. The summed E-state index contributed by atoms with van der Waals surface area (Å²) in [6, 6.07) is 5.37. The molecule has 0 unspecified atom stereocenters. The Morgan fingerprint density at radius 2 is 2.20 bits per heavy atom. The molecule has 1 heterocycles. The van der Waals surface area contributed by atoms with Crippen LogP contribution in [0.4, 0.5) is 0 Å². The van der Waals surface area contributed by atoms with Gasteiger partial charge in [0.2, 0.25) is 5.91 Å². The summed E-state index contributed by atoms with van der Waals surface area (Å²) in [5, 5.41) is 0.859. The Labute approximate surface area is 86.5 Å². The molecule has 0 saturated carbocycles. The lowest BCUT2D eigenvalue weighted by atomic mass is 10.1. The SMILES string of the molecule is C=C(C(N)=O)c1ccc2ncncc2c1. The number of hydrogen-bond acceptors (Lipinski definition) is 3. The van der Waals surface area contributed by atoms with Gasteiger partial charge in [-0.05, 0) is 17.7 Å². The lowest BCUT2D eigenvalue weighted by Crippen LogP contribution is -2.11. The first-order valence-electron chi connectivity index (χ1n) is 4.37. The average Bonchev–Trinajstić information content (AvgIpc) is 2.27. The molecule has 0 saturated heterocycles. The standard InChI is InChI=1S/C11H9N3O/c1-7(11(12)15)8-2-3-10-9(4-8)5-13-6-14-10/h2-6H,1H2,(H2,12,15). The Hall–Kier alpha value is -2.23. The van der Waals surface area contributed by atoms with Crippen LogP contribution in [0, 0.1) is 0 Å². The van der Waals surface area contributed by atoms with Crippen LogP contribution in [0.2, 0.25) is 0 Å². The summed E-state index contributed by atoms with van der Waals surface area (Å²) in [5.41, 5.74) is 6.96. The molecule has 1 aromatic carbocycles. The van der Waals surface area contributed by atoms with Crippen molar-refractivity contribution >= 4 is 22.4 Å². The van der Waals surface area contributed by atoms with Crippen molar-refractivity contribution in [3.8, 4) is 0 Å². The van der Waals surface area contributed by atoms with Crippen molar-refractivity contribution in [2.45, 2.75) is 0 Å². The van der Waals surface area contributed by atoms with Gasteiger partial charge in [0, 0.05) is 17.2 Å². The Morgan fingerprint density at radius 1 is 1.40 bits per heavy atom. The average molecular weight is 199 g/mol. The van der Waals surface area contributed by atoms with Gasteiger partial charge in [0.1, 0.15) is 6.33 Å². The lowest BCUT2D eigenvalue weighted by molar-refractivity contribution is -0.112. The van der Waals surface area contributed by atoms with Crippen LogP contribution in [0.15, 0.2) is 37.3 Å². The predicted octanol–water partition coefficient (Wildman–Crippen LogP) is 1.13. The number of nitrogens with zero attached hydrogens (tertiary/aromatic N) is 2. The zero-order valence-corrected chi connectivity index (χ0v) is 7.97. The molecule has 1 amide bonds. The van der Waals surface area contributed by atoms with Crippen LogP contribution in [0.25, 0.3) is 16.5 Å². The molecule has 0 aliphatic rings. The van der Waals surface area contributed by atoms with E-state index in [2.05, 4.69) is 16.5 Å². The molecule has 0 spiro atoms. The van der Waals surface area contributed by atoms with Gasteiger partial charge in [-0.15, -0.1) is 0 Å². The molecule has 0 bridgehead atoms. The third kappa shape index (κ3) is 1.69. The monoisotopic (exact) mass is 199 g/mol. The van der Waals surface area contributed by atoms with Crippen LogP contribution in [-0.2, 0) is 4.79 Å². The minimum absolute atomic E-state index is 0.292. The van der Waals surface area contributed by atoms with E-state index in [1.807, 2.05) is 0 Å². The summed E-state index contributed by atoms with van der Waals surface area (Å²) in [6.45, 7) is 3.62. The fraction of sp³-hybridized carbons (Fsp3) is 0. The van der Waals surface area contributed by atoms with Crippen molar-refractivity contribution in [2.24, 2.45) is 5.73 Å². The molecule has 4 nitrogen and oxygen atoms in total. The third-order valence-electron chi connectivity index (χ3n) is 2.15. The number of primary amides is 1. The highest BCUT2D eigenvalue weighted by Gasteiger charge is 2.05. The number of hydrogen-bond donors (Lipinski definition) is 1. The topological polar surface area (TPSA) is 68.9 Å². The predicted molar refractivity (Wildman–Crippen MR) is 57.8 cm³/mol. The molecular weight excluding hydrogens is 190 g/mol. The van der Waals surface area contributed by atoms with Crippen molar-refractivity contribution in [3.05, 3.63) is 42.9 Å². The molecule has 0 atom stereocenters. The number of amides is 1. The Kier molecular flexibility index (Phi) is 2.17. The largest absolute Gasteiger partial charge is 0.366 e. The Balaban J connectivity index is 2.56. The fourth-order valence-corrected chi connectivity index (χ4v) is 1.31. The summed E-state index contributed by atoms with van der Waals surface area (Å²) < 4.78 is 0. The van der Waals surface area contributed by atoms with E-state index in [1.165, 1.54) is 6.33 Å². The van der Waals surface area contributed by atoms with Crippen LogP contribution in [0.1, 0.15) is 5.56 Å². The number of nitrogens with two attached hydrogens (primary N) is 1. The minimum Gasteiger partial charge on any atom is -0.366 e. The number of benzene rings is 1. The third-order valence-corrected chi connectivity index (χ3v) is 2.15. The van der Waals surface area contributed by atoms with E-state index in [4.69, 9.17) is 5.73 Å². The Morgan fingerprint density at radius 3 is 2.93 bits per heavy atom. The van der Waals surface area contributed by atoms with Gasteiger partial charge in [0.05, 0.1) is 5.52 Å². The summed E-state index contributed by atoms with van der Waals surface area (Å²) in [5.74, 6) is -0.522. The van der Waals surface area contributed by atoms with Crippen molar-refractivity contribution in [1.82, 2.24) is 9.97 Å². The fourth-order valence-electron chi connectivity index (χ4n) is 1.31. The lowest BCUT2D eigenvalue weighted by Gasteiger charge is -2.02. The Bertz CT molecular complexity index is 548. The molecule has 74 valence electrons. The number of carbonyl (C=O) groups is 1. The number of aromatic nitrogens is 2. The van der Waals surface area contributed by atoms with E-state index < -0.39 is 5.91 Å². The van der Waals surface area contributed by atoms with E-state index >= 15 is 0 Å². The van der Waals surface area contributed by atoms with Crippen molar-refractivity contribution in [2.75, 3.05) is 0 Å². The van der Waals surface area contributed by atoms with Gasteiger partial charge >= 0.3 is 0 Å². The maximum absolute atomic E-state index is 10.9. The van der Waals surface area contributed by atoms with Gasteiger partial charge in [0.25, 0.3) is 0 Å². The molecule has 0 fully saturated rings. The first-order chi connectivity index (χ1) is 7.18. The van der Waals surface area contributed by atoms with Gasteiger partial charge in [-0.25, -0.2) is 9.97 Å². The number of carbonyl (C=O) groups excluding carboxylic acids is 1. The van der Waals surface area contributed by atoms with E-state index in [0.29, 0.717) is 11.1 Å². The summed E-state index contributed by atoms with van der Waals surface area (Å²) in [4.78, 5) is 18.9. The zero-order chi connectivity index (χ0) is 10.8. The number of rotatable bonds is 2. The second kappa shape index (κ2) is 3.49. The normalized spacial score (nSPS) is 10.1. The van der Waals surface area contributed by atoms with Crippen LogP contribution in [-0.4, -0.2) is 15.9 Å². The molecule has 2 aromatic rings. The van der Waals surface area contributed by atoms with E-state index in [-0.39, 0.29) is 0 Å². The second-order valence-electron chi connectivity index (χ2n) is 3.14. The molecule has 0 aliphatic carbocycles. The van der Waals surface area contributed by atoms with E-state index in [0.717, 1.165) is 10.9 Å². The molecule has 15 heavy (non-hydrogen) atoms. The maximum Gasteiger partial charge on any atom is 0.248 e. The van der Waals surface area contributed by atoms with Gasteiger partial charge in [-0.3, -0.25) is 4.79 Å². The molecule has 0 radical (unpaired) electrons. The summed E-state index contributed by atoms with van der Waals surface area (Å²) in [7, 11) is 0. The molecule has 2 N–H and O–H groups in total. The quantitative estimate of drug-likeness (QED) is 0.737. The van der Waals surface area contributed by atoms with Crippen molar-refractivity contribution < 1.29 is 4.79 Å². The second-order valence-corrected chi connectivity index (χ2v) is 3.14. The highest BCUT2D eigenvalue weighted by molar-refractivity contribution is 6.18. The van der Waals surface area contributed by atoms with Crippen LogP contribution in [0.3, 0.4) is 0 Å². The molecular formula is C11H9N3O. The van der Waals surface area contributed by atoms with Crippen molar-refractivity contribution in [3.63, 3.8) is 0 Å². The van der Waals surface area contributed by atoms with Gasteiger partial charge in [0.15, 0.2) is 0 Å². The van der Waals surface area contributed by atoms with Gasteiger partial charge in [-0.1, -0.05) is 12.6 Å². The van der Waals surface area contributed by atoms with Gasteiger partial charge in [-0.2, -0.15) is 0 Å². The molecule has 1 aromatic heterocycles. The van der Waals surface area contributed by atoms with Crippen molar-refractivity contribution in [1.29, 1.82) is 0 Å². The molecule has 4 heteroatoms.